The van der Waals surface area contributed by atoms with Gasteiger partial charge in [0.25, 0.3) is 10.0 Å². The van der Waals surface area contributed by atoms with Gasteiger partial charge in [-0.15, -0.1) is 0 Å². The van der Waals surface area contributed by atoms with Gasteiger partial charge in [0.2, 0.25) is 0 Å². The maximum absolute atomic E-state index is 12.1. The summed E-state index contributed by atoms with van der Waals surface area (Å²) in [6, 6.07) is 6.74. The van der Waals surface area contributed by atoms with Crippen LogP contribution in [0, 0.1) is 6.92 Å². The molecule has 21 heavy (non-hydrogen) atoms. The van der Waals surface area contributed by atoms with E-state index in [-0.39, 0.29) is 11.6 Å². The van der Waals surface area contributed by atoms with E-state index in [2.05, 4.69) is 9.71 Å². The normalized spacial score (nSPS) is 13.3. The van der Waals surface area contributed by atoms with Crippen LogP contribution in [-0.4, -0.2) is 29.6 Å². The Balaban J connectivity index is 2.10. The molecule has 0 saturated heterocycles. The third-order valence-electron chi connectivity index (χ3n) is 3.09. The van der Waals surface area contributed by atoms with Gasteiger partial charge in [0.1, 0.15) is 5.82 Å². The lowest BCUT2D eigenvalue weighted by atomic mass is 10.1. The van der Waals surface area contributed by atoms with Crippen LogP contribution in [0.25, 0.3) is 0 Å². The predicted octanol–water partition coefficient (Wildman–Crippen LogP) is 1.39. The summed E-state index contributed by atoms with van der Waals surface area (Å²) in [5, 5.41) is 10.3. The molecule has 1 aromatic carbocycles. The first kappa shape index (κ1) is 16.0. The first-order valence-electron chi connectivity index (χ1n) is 6.23. The highest BCUT2D eigenvalue weighted by Crippen LogP contribution is 2.22. The molecule has 2 N–H and O–H groups in total. The Morgan fingerprint density at radius 3 is 2.67 bits per heavy atom. The van der Waals surface area contributed by atoms with Crippen LogP contribution in [-0.2, 0) is 17.1 Å². The highest BCUT2D eigenvalue weighted by atomic mass is 35.5. The second-order valence-electron chi connectivity index (χ2n) is 4.63. The van der Waals surface area contributed by atoms with Crippen LogP contribution in [0.3, 0.4) is 0 Å². The molecular formula is C13H16ClN3O3S. The molecule has 8 heteroatoms. The Morgan fingerprint density at radius 2 is 2.10 bits per heavy atom. The summed E-state index contributed by atoms with van der Waals surface area (Å²) in [5.41, 5.74) is 0.471. The number of rotatable bonds is 5. The number of hydrogen-bond donors (Lipinski definition) is 2. The third-order valence-corrected chi connectivity index (χ3v) is 4.73. The van der Waals surface area contributed by atoms with E-state index >= 15 is 0 Å². The van der Waals surface area contributed by atoms with E-state index in [0.29, 0.717) is 16.4 Å². The van der Waals surface area contributed by atoms with E-state index in [4.69, 9.17) is 11.6 Å². The summed E-state index contributed by atoms with van der Waals surface area (Å²) in [7, 11) is -2.05. The van der Waals surface area contributed by atoms with Gasteiger partial charge in [-0.05, 0) is 13.0 Å². The van der Waals surface area contributed by atoms with Crippen LogP contribution in [0.4, 0.5) is 0 Å². The van der Waals surface area contributed by atoms with Crippen molar-refractivity contribution in [1.29, 1.82) is 0 Å². The molecular weight excluding hydrogens is 314 g/mol. The Kier molecular flexibility index (Phi) is 4.67. The molecule has 0 saturated carbocycles. The fraction of sp³-hybridized carbons (Fsp3) is 0.308. The molecule has 1 heterocycles. The quantitative estimate of drug-likeness (QED) is 0.868. The van der Waals surface area contributed by atoms with Gasteiger partial charge in [0, 0.05) is 30.4 Å². The Bertz CT molecular complexity index is 723. The van der Waals surface area contributed by atoms with E-state index in [0.717, 1.165) is 0 Å². The number of aryl methyl sites for hydroxylation is 2. The zero-order valence-electron chi connectivity index (χ0n) is 11.6. The Labute approximate surface area is 128 Å². The fourth-order valence-electron chi connectivity index (χ4n) is 1.77. The van der Waals surface area contributed by atoms with Crippen LogP contribution in [0.1, 0.15) is 17.5 Å². The maximum atomic E-state index is 12.1. The lowest BCUT2D eigenvalue weighted by Gasteiger charge is -2.13. The SMILES string of the molecule is Cc1nc(S(=O)(=O)NCC(O)c2ccccc2Cl)cn1C. The van der Waals surface area contributed by atoms with Gasteiger partial charge in [0.15, 0.2) is 5.03 Å². The van der Waals surface area contributed by atoms with Crippen LogP contribution in [0.15, 0.2) is 35.5 Å². The molecule has 0 aliphatic heterocycles. The van der Waals surface area contributed by atoms with E-state index in [1.165, 1.54) is 6.20 Å². The number of sulfonamides is 1. The zero-order chi connectivity index (χ0) is 15.6. The lowest BCUT2D eigenvalue weighted by molar-refractivity contribution is 0.182. The molecule has 0 radical (unpaired) electrons. The molecule has 6 nitrogen and oxygen atoms in total. The number of aromatic nitrogens is 2. The number of imidazole rings is 1. The Morgan fingerprint density at radius 1 is 1.43 bits per heavy atom. The number of nitrogens with one attached hydrogen (secondary N) is 1. The van der Waals surface area contributed by atoms with Gasteiger partial charge in [-0.1, -0.05) is 29.8 Å². The lowest BCUT2D eigenvalue weighted by Crippen LogP contribution is -2.29. The summed E-state index contributed by atoms with van der Waals surface area (Å²) in [6.07, 6.45) is 0.387. The summed E-state index contributed by atoms with van der Waals surface area (Å²) < 4.78 is 28.1. The maximum Gasteiger partial charge on any atom is 0.259 e. The van der Waals surface area contributed by atoms with Gasteiger partial charge in [-0.25, -0.2) is 18.1 Å². The van der Waals surface area contributed by atoms with E-state index < -0.39 is 16.1 Å². The van der Waals surface area contributed by atoms with Crippen molar-refractivity contribution in [1.82, 2.24) is 14.3 Å². The number of benzene rings is 1. The largest absolute Gasteiger partial charge is 0.387 e. The van der Waals surface area contributed by atoms with E-state index in [9.17, 15) is 13.5 Å². The summed E-state index contributed by atoms with van der Waals surface area (Å²) in [5.74, 6) is 0.585. The minimum atomic E-state index is -3.76. The van der Waals surface area contributed by atoms with Crippen LogP contribution >= 0.6 is 11.6 Å². The summed E-state index contributed by atoms with van der Waals surface area (Å²) in [6.45, 7) is 1.53. The van der Waals surface area contributed by atoms with Crippen molar-refractivity contribution in [2.45, 2.75) is 18.1 Å². The molecule has 0 fully saturated rings. The fourth-order valence-corrected chi connectivity index (χ4v) is 3.11. The average molecular weight is 330 g/mol. The van der Waals surface area contributed by atoms with Crippen LogP contribution in [0.5, 0.6) is 0 Å². The molecule has 0 spiro atoms. The predicted molar refractivity (Wildman–Crippen MR) is 79.5 cm³/mol. The molecule has 1 aromatic heterocycles. The molecule has 0 bridgehead atoms. The molecule has 2 aromatic rings. The minimum absolute atomic E-state index is 0.0751. The molecule has 1 atom stereocenters. The molecule has 0 aliphatic rings. The molecule has 114 valence electrons. The topological polar surface area (TPSA) is 84.2 Å². The van der Waals surface area contributed by atoms with Gasteiger partial charge >= 0.3 is 0 Å². The first-order valence-corrected chi connectivity index (χ1v) is 8.09. The van der Waals surface area contributed by atoms with Gasteiger partial charge < -0.3 is 9.67 Å². The van der Waals surface area contributed by atoms with Gasteiger partial charge in [-0.2, -0.15) is 0 Å². The van der Waals surface area contributed by atoms with Crippen molar-refractivity contribution < 1.29 is 13.5 Å². The molecule has 1 unspecified atom stereocenters. The smallest absolute Gasteiger partial charge is 0.259 e. The van der Waals surface area contributed by atoms with Crippen molar-refractivity contribution in [3.05, 3.63) is 46.9 Å². The zero-order valence-corrected chi connectivity index (χ0v) is 13.2. The summed E-state index contributed by atoms with van der Waals surface area (Å²) >= 11 is 5.96. The second kappa shape index (κ2) is 6.15. The monoisotopic (exact) mass is 329 g/mol. The number of halogens is 1. The first-order chi connectivity index (χ1) is 9.81. The number of nitrogens with zero attached hydrogens (tertiary/aromatic N) is 2. The van der Waals surface area contributed by atoms with Crippen molar-refractivity contribution in [3.63, 3.8) is 0 Å². The highest BCUT2D eigenvalue weighted by Gasteiger charge is 2.20. The van der Waals surface area contributed by atoms with Gasteiger partial charge in [-0.3, -0.25) is 0 Å². The van der Waals surface area contributed by atoms with E-state index in [1.807, 2.05) is 0 Å². The second-order valence-corrected chi connectivity index (χ2v) is 6.75. The minimum Gasteiger partial charge on any atom is -0.387 e. The molecule has 0 aliphatic carbocycles. The van der Waals surface area contributed by atoms with Crippen molar-refractivity contribution >= 4 is 21.6 Å². The summed E-state index contributed by atoms with van der Waals surface area (Å²) in [4.78, 5) is 3.95. The molecule has 2 rings (SSSR count). The Hall–Kier alpha value is -1.41. The van der Waals surface area contributed by atoms with Crippen molar-refractivity contribution in [3.8, 4) is 0 Å². The average Bonchev–Trinajstić information content (AvgIpc) is 2.77. The van der Waals surface area contributed by atoms with Crippen molar-refractivity contribution in [2.24, 2.45) is 7.05 Å². The highest BCUT2D eigenvalue weighted by molar-refractivity contribution is 7.89. The van der Waals surface area contributed by atoms with Crippen molar-refractivity contribution in [2.75, 3.05) is 6.54 Å². The number of aliphatic hydroxyl groups is 1. The number of aliphatic hydroxyl groups excluding tert-OH is 1. The van der Waals surface area contributed by atoms with E-state index in [1.54, 1.807) is 42.8 Å². The van der Waals surface area contributed by atoms with Crippen LogP contribution in [0.2, 0.25) is 5.02 Å². The van der Waals surface area contributed by atoms with Crippen LogP contribution < -0.4 is 4.72 Å². The van der Waals surface area contributed by atoms with Gasteiger partial charge in [0.05, 0.1) is 6.10 Å². The third kappa shape index (κ3) is 3.62. The number of hydrogen-bond acceptors (Lipinski definition) is 4. The standard InChI is InChI=1S/C13H16ClN3O3S/c1-9-16-13(8-17(9)2)21(19,20)15-7-12(18)10-5-3-4-6-11(10)14/h3-6,8,12,15,18H,7H2,1-2H3. The molecule has 0 amide bonds.